The number of rotatable bonds is 0. The normalized spacial score (nSPS) is 56.2. The molecule has 2 heteroatoms. The summed E-state index contributed by atoms with van der Waals surface area (Å²) < 4.78 is 0. The number of hydrogen-bond acceptors (Lipinski definition) is 2. The van der Waals surface area contributed by atoms with Gasteiger partial charge in [0.25, 0.3) is 0 Å². The quantitative estimate of drug-likeness (QED) is 0.391. The maximum Gasteiger partial charge on any atom is 0.0762 e. The van der Waals surface area contributed by atoms with Crippen LogP contribution in [-0.2, 0) is 0 Å². The van der Waals surface area contributed by atoms with Gasteiger partial charge in [-0.2, -0.15) is 0 Å². The first-order chi connectivity index (χ1) is 14.6. The van der Waals surface area contributed by atoms with Gasteiger partial charge in [0.15, 0.2) is 0 Å². The Bertz CT molecular complexity index is 825. The molecule has 182 valence electrons. The summed E-state index contributed by atoms with van der Waals surface area (Å²) in [6.07, 6.45) is 12.7. The number of aliphatic hydroxyl groups excluding tert-OH is 2. The molecule has 0 heterocycles. The highest BCUT2D eigenvalue weighted by Crippen LogP contribution is 2.75. The van der Waals surface area contributed by atoms with Gasteiger partial charge in [0.1, 0.15) is 0 Å². The van der Waals surface area contributed by atoms with Crippen molar-refractivity contribution in [1.29, 1.82) is 0 Å². The van der Waals surface area contributed by atoms with Crippen LogP contribution in [0.5, 0.6) is 0 Å². The summed E-state index contributed by atoms with van der Waals surface area (Å²) in [5.41, 5.74) is 2.76. The SMILES string of the molecule is CC1(C)CC[C@]2(C)CC[C@]3(C)C(=C[C@@H](O)[C@@H]4[C@@]5(C)CC[C@H](O)C(C)(C)[C@@H]5CC[C@]43C)[C@@H]2C1. The lowest BCUT2D eigenvalue weighted by Crippen LogP contribution is -2.67. The van der Waals surface area contributed by atoms with Crippen molar-refractivity contribution in [2.75, 3.05) is 0 Å². The molecule has 0 radical (unpaired) electrons. The van der Waals surface area contributed by atoms with Crippen molar-refractivity contribution in [3.05, 3.63) is 11.6 Å². The van der Waals surface area contributed by atoms with Crippen LogP contribution in [0.2, 0.25) is 0 Å². The van der Waals surface area contributed by atoms with E-state index in [0.717, 1.165) is 12.8 Å². The van der Waals surface area contributed by atoms with Gasteiger partial charge in [-0.25, -0.2) is 0 Å². The molecule has 32 heavy (non-hydrogen) atoms. The highest BCUT2D eigenvalue weighted by molar-refractivity contribution is 5.35. The molecule has 0 unspecified atom stereocenters. The molecule has 0 aromatic rings. The minimum Gasteiger partial charge on any atom is -0.393 e. The second kappa shape index (κ2) is 6.66. The Morgan fingerprint density at radius 1 is 0.781 bits per heavy atom. The van der Waals surface area contributed by atoms with Gasteiger partial charge in [0.2, 0.25) is 0 Å². The lowest BCUT2D eigenvalue weighted by Gasteiger charge is -2.72. The van der Waals surface area contributed by atoms with Crippen LogP contribution in [0, 0.1) is 50.2 Å². The van der Waals surface area contributed by atoms with Crippen LogP contribution in [0.25, 0.3) is 0 Å². The Hall–Kier alpha value is -0.340. The molecular weight excluding hydrogens is 392 g/mol. The summed E-state index contributed by atoms with van der Waals surface area (Å²) in [6.45, 7) is 19.7. The standard InChI is InChI=1S/C30H50O2/c1-25(2)13-14-27(5)15-16-29(7)19(20(27)18-25)17-21(31)24-28(6)11-10-23(32)26(3,4)22(28)9-12-30(24,29)8/h17,20-24,31-32H,9-16,18H2,1-8H3/t20-,21+,22-,23-,24+,27+,28-,29+,30+/m0/s1. The molecule has 0 aliphatic heterocycles. The third kappa shape index (κ3) is 2.78. The van der Waals surface area contributed by atoms with E-state index in [0.29, 0.717) is 22.7 Å². The molecule has 5 aliphatic carbocycles. The van der Waals surface area contributed by atoms with Crippen molar-refractivity contribution in [2.24, 2.45) is 50.2 Å². The van der Waals surface area contributed by atoms with E-state index in [1.165, 1.54) is 44.9 Å². The molecule has 5 rings (SSSR count). The van der Waals surface area contributed by atoms with Gasteiger partial charge in [-0.1, -0.05) is 67.0 Å². The number of allylic oxidation sites excluding steroid dienone is 1. The van der Waals surface area contributed by atoms with E-state index in [4.69, 9.17) is 0 Å². The Labute approximate surface area is 197 Å². The minimum atomic E-state index is -0.352. The molecule has 0 spiro atoms. The van der Waals surface area contributed by atoms with E-state index in [-0.39, 0.29) is 39.8 Å². The minimum absolute atomic E-state index is 0.0719. The summed E-state index contributed by atoms with van der Waals surface area (Å²) in [4.78, 5) is 0. The van der Waals surface area contributed by atoms with Gasteiger partial charge < -0.3 is 10.2 Å². The molecule has 4 fully saturated rings. The molecule has 2 N–H and O–H groups in total. The van der Waals surface area contributed by atoms with Gasteiger partial charge in [0, 0.05) is 5.92 Å². The van der Waals surface area contributed by atoms with Crippen molar-refractivity contribution < 1.29 is 10.2 Å². The molecule has 0 bridgehead atoms. The van der Waals surface area contributed by atoms with Crippen LogP contribution in [-0.4, -0.2) is 22.4 Å². The van der Waals surface area contributed by atoms with E-state index >= 15 is 0 Å². The Balaban J connectivity index is 1.62. The van der Waals surface area contributed by atoms with Crippen LogP contribution in [0.4, 0.5) is 0 Å². The topological polar surface area (TPSA) is 40.5 Å². The second-order valence-corrected chi connectivity index (χ2v) is 15.4. The summed E-state index contributed by atoms with van der Waals surface area (Å²) >= 11 is 0. The zero-order valence-corrected chi connectivity index (χ0v) is 22.2. The molecule has 5 aliphatic rings. The zero-order chi connectivity index (χ0) is 23.5. The fraction of sp³-hybridized carbons (Fsp3) is 0.933. The number of hydrogen-bond donors (Lipinski definition) is 2. The maximum atomic E-state index is 11.9. The van der Waals surface area contributed by atoms with Crippen molar-refractivity contribution in [2.45, 2.75) is 125 Å². The zero-order valence-electron chi connectivity index (χ0n) is 22.2. The first-order valence-corrected chi connectivity index (χ1v) is 13.7. The average molecular weight is 443 g/mol. The first-order valence-electron chi connectivity index (χ1n) is 13.7. The summed E-state index contributed by atoms with van der Waals surface area (Å²) in [7, 11) is 0. The summed E-state index contributed by atoms with van der Waals surface area (Å²) in [5, 5.41) is 22.8. The average Bonchev–Trinajstić information content (AvgIpc) is 2.68. The lowest BCUT2D eigenvalue weighted by atomic mass is 9.33. The van der Waals surface area contributed by atoms with E-state index in [2.05, 4.69) is 61.5 Å². The Morgan fingerprint density at radius 3 is 2.12 bits per heavy atom. The molecule has 0 aromatic carbocycles. The largest absolute Gasteiger partial charge is 0.393 e. The van der Waals surface area contributed by atoms with Crippen molar-refractivity contribution in [3.63, 3.8) is 0 Å². The smallest absolute Gasteiger partial charge is 0.0762 e. The molecule has 0 aromatic heterocycles. The van der Waals surface area contributed by atoms with Crippen molar-refractivity contribution in [1.82, 2.24) is 0 Å². The number of fused-ring (bicyclic) bond motifs is 7. The van der Waals surface area contributed by atoms with Gasteiger partial charge >= 0.3 is 0 Å². The highest BCUT2D eigenvalue weighted by Gasteiger charge is 2.69. The summed E-state index contributed by atoms with van der Waals surface area (Å²) in [6, 6.07) is 0. The van der Waals surface area contributed by atoms with Crippen LogP contribution in [0.3, 0.4) is 0 Å². The van der Waals surface area contributed by atoms with Crippen molar-refractivity contribution in [3.8, 4) is 0 Å². The van der Waals surface area contributed by atoms with E-state index in [1.807, 2.05) is 0 Å². The van der Waals surface area contributed by atoms with Crippen LogP contribution < -0.4 is 0 Å². The molecule has 0 saturated heterocycles. The van der Waals surface area contributed by atoms with Gasteiger partial charge in [-0.05, 0) is 102 Å². The molecule has 9 atom stereocenters. The van der Waals surface area contributed by atoms with Gasteiger partial charge in [-0.3, -0.25) is 0 Å². The highest BCUT2D eigenvalue weighted by atomic mass is 16.3. The molecular formula is C30H50O2. The fourth-order valence-corrected chi connectivity index (χ4v) is 10.6. The molecule has 0 amide bonds. The predicted octanol–water partition coefficient (Wildman–Crippen LogP) is 7.14. The third-order valence-corrected chi connectivity index (χ3v) is 13.0. The Kier molecular flexibility index (Phi) is 4.87. The van der Waals surface area contributed by atoms with Crippen LogP contribution in [0.15, 0.2) is 11.6 Å². The number of aliphatic hydroxyl groups is 2. The van der Waals surface area contributed by atoms with Crippen LogP contribution in [0.1, 0.15) is 113 Å². The van der Waals surface area contributed by atoms with Gasteiger partial charge in [-0.15, -0.1) is 0 Å². The van der Waals surface area contributed by atoms with E-state index in [9.17, 15) is 10.2 Å². The fourth-order valence-electron chi connectivity index (χ4n) is 10.6. The predicted molar refractivity (Wildman–Crippen MR) is 132 cm³/mol. The summed E-state index contributed by atoms with van der Waals surface area (Å²) in [5.74, 6) is 1.38. The molecule has 4 saturated carbocycles. The van der Waals surface area contributed by atoms with E-state index in [1.54, 1.807) is 5.57 Å². The lowest BCUT2D eigenvalue weighted by molar-refractivity contribution is -0.224. The Morgan fingerprint density at radius 2 is 1.44 bits per heavy atom. The van der Waals surface area contributed by atoms with Gasteiger partial charge in [0.05, 0.1) is 12.2 Å². The maximum absolute atomic E-state index is 11.9. The first kappa shape index (κ1) is 23.4. The monoisotopic (exact) mass is 442 g/mol. The van der Waals surface area contributed by atoms with Crippen LogP contribution >= 0.6 is 0 Å². The van der Waals surface area contributed by atoms with Crippen molar-refractivity contribution >= 4 is 0 Å². The third-order valence-electron chi connectivity index (χ3n) is 13.0. The second-order valence-electron chi connectivity index (χ2n) is 15.4. The van der Waals surface area contributed by atoms with E-state index < -0.39 is 0 Å². The molecule has 2 nitrogen and oxygen atoms in total.